The summed E-state index contributed by atoms with van der Waals surface area (Å²) in [5.41, 5.74) is 5.13. The first kappa shape index (κ1) is 27.4. The van der Waals surface area contributed by atoms with Crippen molar-refractivity contribution < 1.29 is 22.6 Å². The van der Waals surface area contributed by atoms with E-state index in [2.05, 4.69) is 10.6 Å². The Morgan fingerprint density at radius 2 is 1.28 bits per heavy atom. The van der Waals surface area contributed by atoms with E-state index in [-0.39, 0.29) is 18.0 Å². The highest BCUT2D eigenvalue weighted by Gasteiger charge is 2.21. The molecule has 2 aliphatic heterocycles. The minimum absolute atomic E-state index is 0.0145. The van der Waals surface area contributed by atoms with Crippen molar-refractivity contribution in [3.63, 3.8) is 0 Å². The Bertz CT molecular complexity index is 1780. The average Bonchev–Trinajstić information content (AvgIpc) is 3.74. The van der Waals surface area contributed by atoms with Gasteiger partial charge in [-0.3, -0.25) is 0 Å². The third kappa shape index (κ3) is 5.81. The summed E-state index contributed by atoms with van der Waals surface area (Å²) in [6, 6.07) is 23.9. The van der Waals surface area contributed by atoms with Crippen molar-refractivity contribution in [2.24, 2.45) is 0 Å². The van der Waals surface area contributed by atoms with E-state index in [1.165, 1.54) is 18.2 Å². The van der Waals surface area contributed by atoms with Crippen LogP contribution in [0.5, 0.6) is 11.5 Å². The number of pyridine rings is 1. The Hall–Kier alpha value is -4.40. The van der Waals surface area contributed by atoms with E-state index in [4.69, 9.17) is 14.5 Å². The quantitative estimate of drug-likeness (QED) is 0.214. The summed E-state index contributed by atoms with van der Waals surface area (Å²) in [4.78, 5) is 4.98. The Labute approximate surface area is 247 Å². The lowest BCUT2D eigenvalue weighted by molar-refractivity contribution is 0.224. The highest BCUT2D eigenvalue weighted by Crippen LogP contribution is 2.38. The number of aromatic nitrogens is 1. The molecule has 2 saturated heterocycles. The van der Waals surface area contributed by atoms with Gasteiger partial charge in [0, 0.05) is 35.2 Å². The lowest BCUT2D eigenvalue weighted by Gasteiger charge is -2.18. The predicted octanol–water partition coefficient (Wildman–Crippen LogP) is 7.13. The van der Waals surface area contributed by atoms with E-state index < -0.39 is 11.6 Å². The first-order valence-electron chi connectivity index (χ1n) is 14.6. The van der Waals surface area contributed by atoms with Crippen molar-refractivity contribution >= 4 is 10.9 Å². The molecule has 8 heteroatoms. The third-order valence-corrected chi connectivity index (χ3v) is 8.07. The normalized spacial score (nSPS) is 18.3. The van der Waals surface area contributed by atoms with Gasteiger partial charge in [0.25, 0.3) is 0 Å². The van der Waals surface area contributed by atoms with E-state index in [0.29, 0.717) is 22.4 Å². The number of nitrogens with zero attached hydrogens (tertiary/aromatic N) is 1. The molecule has 43 heavy (non-hydrogen) atoms. The molecule has 2 fully saturated rings. The Balaban J connectivity index is 1.30. The zero-order valence-corrected chi connectivity index (χ0v) is 23.4. The summed E-state index contributed by atoms with van der Waals surface area (Å²) in [5.74, 6) is -0.794. The number of fused-ring (bicyclic) bond motifs is 1. The number of hydrogen-bond donors (Lipinski definition) is 2. The molecule has 218 valence electrons. The van der Waals surface area contributed by atoms with Gasteiger partial charge in [0.05, 0.1) is 11.2 Å². The number of nitrogens with one attached hydrogen (secondary N) is 2. The lowest BCUT2D eigenvalue weighted by atomic mass is 9.98. The molecule has 2 atom stereocenters. The predicted molar refractivity (Wildman–Crippen MR) is 162 cm³/mol. The van der Waals surface area contributed by atoms with Crippen LogP contribution in [0.1, 0.15) is 12.8 Å². The molecule has 3 heterocycles. The summed E-state index contributed by atoms with van der Waals surface area (Å²) in [6.45, 7) is 3.28. The van der Waals surface area contributed by atoms with Crippen LogP contribution >= 0.6 is 0 Å². The Morgan fingerprint density at radius 3 is 1.98 bits per heavy atom. The second-order valence-electron chi connectivity index (χ2n) is 11.0. The van der Waals surface area contributed by atoms with Gasteiger partial charge < -0.3 is 20.1 Å². The molecule has 0 radical (unpaired) electrons. The lowest BCUT2D eigenvalue weighted by Crippen LogP contribution is -2.20. The fourth-order valence-electron chi connectivity index (χ4n) is 5.76. The van der Waals surface area contributed by atoms with E-state index >= 15 is 0 Å². The molecule has 7 rings (SSSR count). The topological polar surface area (TPSA) is 55.4 Å². The molecular formula is C35H30F3N3O2. The summed E-state index contributed by atoms with van der Waals surface area (Å²) < 4.78 is 54.5. The molecule has 4 aromatic carbocycles. The van der Waals surface area contributed by atoms with Crippen molar-refractivity contribution in [2.75, 3.05) is 26.2 Å². The van der Waals surface area contributed by atoms with Crippen LogP contribution in [-0.4, -0.2) is 43.4 Å². The first-order chi connectivity index (χ1) is 21.0. The van der Waals surface area contributed by atoms with Gasteiger partial charge in [0.15, 0.2) is 11.6 Å². The minimum Gasteiger partial charge on any atom is -0.488 e. The van der Waals surface area contributed by atoms with Crippen molar-refractivity contribution in [2.45, 2.75) is 25.0 Å². The summed E-state index contributed by atoms with van der Waals surface area (Å²) in [5, 5.41) is 7.48. The van der Waals surface area contributed by atoms with Gasteiger partial charge in [-0.2, -0.15) is 0 Å². The molecule has 2 N–H and O–H groups in total. The van der Waals surface area contributed by atoms with Crippen LogP contribution in [0.15, 0.2) is 84.9 Å². The zero-order valence-electron chi connectivity index (χ0n) is 23.4. The van der Waals surface area contributed by atoms with Crippen molar-refractivity contribution in [3.05, 3.63) is 102 Å². The number of benzene rings is 4. The maximum atomic E-state index is 14.3. The van der Waals surface area contributed by atoms with Crippen molar-refractivity contribution in [1.82, 2.24) is 15.6 Å². The van der Waals surface area contributed by atoms with Gasteiger partial charge in [0.1, 0.15) is 29.5 Å². The molecule has 2 aliphatic rings. The zero-order chi connectivity index (χ0) is 29.3. The van der Waals surface area contributed by atoms with Crippen molar-refractivity contribution in [1.29, 1.82) is 0 Å². The monoisotopic (exact) mass is 581 g/mol. The van der Waals surface area contributed by atoms with Crippen LogP contribution in [0.4, 0.5) is 13.2 Å². The van der Waals surface area contributed by atoms with Gasteiger partial charge in [-0.15, -0.1) is 0 Å². The number of rotatable bonds is 7. The van der Waals surface area contributed by atoms with Gasteiger partial charge in [-0.05, 0) is 97.7 Å². The van der Waals surface area contributed by atoms with Gasteiger partial charge in [-0.25, -0.2) is 18.2 Å². The number of hydrogen-bond acceptors (Lipinski definition) is 5. The molecule has 1 aromatic heterocycles. The Kier molecular flexibility index (Phi) is 7.47. The standard InChI is InChI=1S/C35H30F3N3O2/c36-25-6-1-21(2-7-25)28-15-23(5-10-34(28)42-26-11-13-39-19-26)32-9-4-24-17-35(43-27-12-14-40-20-27)29(18-33(24)41-32)22-3-8-30(37)31(38)16-22/h1-10,15-18,26-27,39-40H,11-14,19-20H2. The third-order valence-electron chi connectivity index (χ3n) is 8.07. The van der Waals surface area contributed by atoms with Gasteiger partial charge in [0.2, 0.25) is 0 Å². The molecule has 5 nitrogen and oxygen atoms in total. The van der Waals surface area contributed by atoms with Crippen LogP contribution in [0.25, 0.3) is 44.4 Å². The van der Waals surface area contributed by atoms with E-state index in [0.717, 1.165) is 78.6 Å². The molecule has 0 bridgehead atoms. The molecule has 0 saturated carbocycles. The van der Waals surface area contributed by atoms with Crippen LogP contribution < -0.4 is 20.1 Å². The minimum atomic E-state index is -0.920. The molecule has 0 spiro atoms. The Morgan fingerprint density at radius 1 is 0.605 bits per heavy atom. The highest BCUT2D eigenvalue weighted by atomic mass is 19.2. The first-order valence-corrected chi connectivity index (χ1v) is 14.6. The van der Waals surface area contributed by atoms with E-state index in [1.807, 2.05) is 42.5 Å². The van der Waals surface area contributed by atoms with Crippen LogP contribution in [0, 0.1) is 17.5 Å². The summed E-state index contributed by atoms with van der Waals surface area (Å²) >= 11 is 0. The number of ether oxygens (including phenoxy) is 2. The maximum Gasteiger partial charge on any atom is 0.159 e. The van der Waals surface area contributed by atoms with Gasteiger partial charge >= 0.3 is 0 Å². The second-order valence-corrected chi connectivity index (χ2v) is 11.0. The average molecular weight is 582 g/mol. The maximum absolute atomic E-state index is 14.3. The van der Waals surface area contributed by atoms with Crippen LogP contribution in [0.3, 0.4) is 0 Å². The molecule has 0 aliphatic carbocycles. The summed E-state index contributed by atoms with van der Waals surface area (Å²) in [7, 11) is 0. The smallest absolute Gasteiger partial charge is 0.159 e. The highest BCUT2D eigenvalue weighted by molar-refractivity contribution is 5.90. The van der Waals surface area contributed by atoms with E-state index in [1.54, 1.807) is 18.2 Å². The SMILES string of the molecule is Fc1ccc(-c2cc(-c3ccc4cc(OC5CCNC5)c(-c5ccc(F)c(F)c5)cc4n3)ccc2OC2CCNC2)cc1. The van der Waals surface area contributed by atoms with Crippen LogP contribution in [0.2, 0.25) is 0 Å². The van der Waals surface area contributed by atoms with Crippen LogP contribution in [-0.2, 0) is 0 Å². The molecule has 2 unspecified atom stereocenters. The largest absolute Gasteiger partial charge is 0.488 e. The second kappa shape index (κ2) is 11.7. The van der Waals surface area contributed by atoms with Gasteiger partial charge in [-0.1, -0.05) is 24.3 Å². The number of halogens is 3. The fourth-order valence-corrected chi connectivity index (χ4v) is 5.76. The summed E-state index contributed by atoms with van der Waals surface area (Å²) in [6.07, 6.45) is 1.83. The molecular weight excluding hydrogens is 551 g/mol. The molecule has 0 amide bonds. The molecule has 5 aromatic rings. The van der Waals surface area contributed by atoms with Crippen molar-refractivity contribution in [3.8, 4) is 45.0 Å². The van der Waals surface area contributed by atoms with E-state index in [9.17, 15) is 13.2 Å². The fraction of sp³-hybridized carbons (Fsp3) is 0.229.